The Hall–Kier alpha value is -1.40. The number of carbonyl (C=O) groups excluding carboxylic acids is 1. The first-order valence-corrected chi connectivity index (χ1v) is 6.64. The van der Waals surface area contributed by atoms with Gasteiger partial charge in [0.15, 0.2) is 11.5 Å². The van der Waals surface area contributed by atoms with Gasteiger partial charge < -0.3 is 19.7 Å². The van der Waals surface area contributed by atoms with Crippen LogP contribution in [0.1, 0.15) is 48.4 Å². The lowest BCUT2D eigenvalue weighted by Crippen LogP contribution is -2.42. The number of amides is 1. The Labute approximate surface area is 112 Å². The van der Waals surface area contributed by atoms with Crippen LogP contribution in [0, 0.1) is 0 Å². The number of nitrogens with zero attached hydrogens (tertiary/aromatic N) is 1. The molecule has 0 spiro atoms. The van der Waals surface area contributed by atoms with Gasteiger partial charge in [0.1, 0.15) is 6.61 Å². The monoisotopic (exact) mass is 268 g/mol. The van der Waals surface area contributed by atoms with E-state index in [1.54, 1.807) is 13.2 Å². The fourth-order valence-corrected chi connectivity index (χ4v) is 2.33. The summed E-state index contributed by atoms with van der Waals surface area (Å²) in [5.41, 5.74) is 0.225. The minimum absolute atomic E-state index is 0.197. The summed E-state index contributed by atoms with van der Waals surface area (Å²) in [4.78, 5) is 12.0. The molecule has 2 N–H and O–H groups in total. The molecule has 0 aromatic carbocycles. The molecule has 2 atom stereocenters. The van der Waals surface area contributed by atoms with Gasteiger partial charge in [0, 0.05) is 13.2 Å². The lowest BCUT2D eigenvalue weighted by Gasteiger charge is -2.20. The summed E-state index contributed by atoms with van der Waals surface area (Å²) in [7, 11) is 1.55. The number of methoxy groups -OCH3 is 1. The summed E-state index contributed by atoms with van der Waals surface area (Å²) in [6, 6.07) is 1.36. The van der Waals surface area contributed by atoms with E-state index in [2.05, 4.69) is 10.5 Å². The Morgan fingerprint density at radius 3 is 3.11 bits per heavy atom. The summed E-state index contributed by atoms with van der Waals surface area (Å²) in [5.74, 6) is 0.200. The summed E-state index contributed by atoms with van der Waals surface area (Å²) in [6.07, 6.45) is 4.20. The van der Waals surface area contributed by atoms with Gasteiger partial charge in [-0.1, -0.05) is 24.4 Å². The summed E-state index contributed by atoms with van der Waals surface area (Å²) >= 11 is 0. The Morgan fingerprint density at radius 2 is 2.32 bits per heavy atom. The van der Waals surface area contributed by atoms with Crippen molar-refractivity contribution in [2.45, 2.75) is 50.9 Å². The van der Waals surface area contributed by atoms with Gasteiger partial charge in [-0.05, 0) is 12.8 Å². The molecule has 1 saturated carbocycles. The number of aliphatic hydroxyl groups is 1. The largest absolute Gasteiger partial charge is 0.391 e. The predicted molar refractivity (Wildman–Crippen MR) is 67.6 cm³/mol. The van der Waals surface area contributed by atoms with Crippen LogP contribution in [-0.2, 0) is 11.3 Å². The summed E-state index contributed by atoms with van der Waals surface area (Å²) < 4.78 is 9.87. The molecule has 0 bridgehead atoms. The molecule has 0 aliphatic heterocycles. The maximum absolute atomic E-state index is 12.0. The van der Waals surface area contributed by atoms with Crippen molar-refractivity contribution in [3.8, 4) is 0 Å². The smallest absolute Gasteiger partial charge is 0.273 e. The van der Waals surface area contributed by atoms with Crippen molar-refractivity contribution in [3.05, 3.63) is 17.5 Å². The molecular formula is C13H20N2O4. The van der Waals surface area contributed by atoms with E-state index in [1.165, 1.54) is 0 Å². The Kier molecular flexibility index (Phi) is 4.93. The van der Waals surface area contributed by atoms with E-state index in [4.69, 9.17) is 9.26 Å². The first-order chi connectivity index (χ1) is 9.20. The zero-order valence-corrected chi connectivity index (χ0v) is 11.1. The zero-order valence-electron chi connectivity index (χ0n) is 11.1. The highest BCUT2D eigenvalue weighted by Gasteiger charge is 2.24. The molecule has 6 nitrogen and oxygen atoms in total. The Bertz CT molecular complexity index is 419. The molecule has 0 saturated heterocycles. The van der Waals surface area contributed by atoms with Crippen LogP contribution >= 0.6 is 0 Å². The molecule has 1 fully saturated rings. The lowest BCUT2D eigenvalue weighted by molar-refractivity contribution is 0.0810. The van der Waals surface area contributed by atoms with Crippen LogP contribution in [0.2, 0.25) is 0 Å². The first kappa shape index (κ1) is 14.0. The highest BCUT2D eigenvalue weighted by molar-refractivity contribution is 5.92. The number of ether oxygens (including phenoxy) is 1. The van der Waals surface area contributed by atoms with E-state index >= 15 is 0 Å². The van der Waals surface area contributed by atoms with E-state index in [0.717, 1.165) is 32.1 Å². The maximum Gasteiger partial charge on any atom is 0.273 e. The standard InChI is InChI=1S/C13H20N2O4/c1-18-8-9-7-11(15-19-9)13(17)14-10-5-3-2-4-6-12(10)16/h7,10,12,16H,2-6,8H2,1H3,(H,14,17). The molecule has 6 heteroatoms. The van der Waals surface area contributed by atoms with Gasteiger partial charge in [-0.2, -0.15) is 0 Å². The average molecular weight is 268 g/mol. The molecule has 2 rings (SSSR count). The molecule has 19 heavy (non-hydrogen) atoms. The van der Waals surface area contributed by atoms with E-state index in [0.29, 0.717) is 5.76 Å². The summed E-state index contributed by atoms with van der Waals surface area (Å²) in [6.45, 7) is 0.284. The number of nitrogens with one attached hydrogen (secondary N) is 1. The van der Waals surface area contributed by atoms with Crippen LogP contribution in [0.15, 0.2) is 10.6 Å². The number of aliphatic hydroxyl groups excluding tert-OH is 1. The Balaban J connectivity index is 1.94. The normalized spacial score (nSPS) is 23.9. The van der Waals surface area contributed by atoms with E-state index < -0.39 is 6.10 Å². The first-order valence-electron chi connectivity index (χ1n) is 6.64. The van der Waals surface area contributed by atoms with Crippen LogP contribution in [-0.4, -0.2) is 35.4 Å². The molecule has 106 valence electrons. The number of rotatable bonds is 4. The maximum atomic E-state index is 12.0. The van der Waals surface area contributed by atoms with Crippen molar-refractivity contribution in [1.29, 1.82) is 0 Å². The van der Waals surface area contributed by atoms with Gasteiger partial charge in [0.25, 0.3) is 5.91 Å². The van der Waals surface area contributed by atoms with E-state index in [9.17, 15) is 9.90 Å². The highest BCUT2D eigenvalue weighted by Crippen LogP contribution is 2.18. The zero-order chi connectivity index (χ0) is 13.7. The topological polar surface area (TPSA) is 84.6 Å². The third-order valence-electron chi connectivity index (χ3n) is 3.37. The molecule has 0 radical (unpaired) electrons. The number of hydrogen-bond acceptors (Lipinski definition) is 5. The minimum atomic E-state index is -0.475. The van der Waals surface area contributed by atoms with Crippen LogP contribution in [0.25, 0.3) is 0 Å². The second-order valence-electron chi connectivity index (χ2n) is 4.90. The lowest BCUT2D eigenvalue weighted by atomic mass is 10.1. The van der Waals surface area contributed by atoms with Crippen molar-refractivity contribution in [1.82, 2.24) is 10.5 Å². The SMILES string of the molecule is COCc1cc(C(=O)NC2CCCCCC2O)no1. The molecule has 1 heterocycles. The van der Waals surface area contributed by atoms with Gasteiger partial charge in [-0.25, -0.2) is 0 Å². The van der Waals surface area contributed by atoms with E-state index in [1.807, 2.05) is 0 Å². The Morgan fingerprint density at radius 1 is 1.53 bits per heavy atom. The number of hydrogen-bond donors (Lipinski definition) is 2. The molecule has 1 aromatic heterocycles. The van der Waals surface area contributed by atoms with Crippen LogP contribution in [0.5, 0.6) is 0 Å². The van der Waals surface area contributed by atoms with E-state index in [-0.39, 0.29) is 24.2 Å². The predicted octanol–water partition coefficient (Wildman–Crippen LogP) is 1.24. The van der Waals surface area contributed by atoms with Crippen molar-refractivity contribution >= 4 is 5.91 Å². The van der Waals surface area contributed by atoms with Gasteiger partial charge >= 0.3 is 0 Å². The highest BCUT2D eigenvalue weighted by atomic mass is 16.5. The second kappa shape index (κ2) is 6.68. The average Bonchev–Trinajstić information content (AvgIpc) is 2.77. The molecule has 1 amide bonds. The minimum Gasteiger partial charge on any atom is -0.391 e. The van der Waals surface area contributed by atoms with Gasteiger partial charge in [-0.3, -0.25) is 4.79 Å². The number of carbonyl (C=O) groups is 1. The van der Waals surface area contributed by atoms with Crippen LogP contribution < -0.4 is 5.32 Å². The fraction of sp³-hybridized carbons (Fsp3) is 0.692. The number of aromatic nitrogens is 1. The second-order valence-corrected chi connectivity index (χ2v) is 4.90. The molecular weight excluding hydrogens is 248 g/mol. The van der Waals surface area contributed by atoms with Crippen molar-refractivity contribution in [3.63, 3.8) is 0 Å². The molecule has 1 aromatic rings. The quantitative estimate of drug-likeness (QED) is 0.803. The van der Waals surface area contributed by atoms with Gasteiger partial charge in [-0.15, -0.1) is 0 Å². The van der Waals surface area contributed by atoms with Crippen molar-refractivity contribution < 1.29 is 19.2 Å². The summed E-state index contributed by atoms with van der Waals surface area (Å²) in [5, 5.41) is 16.5. The van der Waals surface area contributed by atoms with Crippen LogP contribution in [0.3, 0.4) is 0 Å². The third-order valence-corrected chi connectivity index (χ3v) is 3.37. The van der Waals surface area contributed by atoms with Gasteiger partial charge in [0.05, 0.1) is 12.1 Å². The van der Waals surface area contributed by atoms with Crippen molar-refractivity contribution in [2.75, 3.05) is 7.11 Å². The third kappa shape index (κ3) is 3.78. The molecule has 2 unspecified atom stereocenters. The van der Waals surface area contributed by atoms with Crippen molar-refractivity contribution in [2.24, 2.45) is 0 Å². The van der Waals surface area contributed by atoms with Crippen LogP contribution in [0.4, 0.5) is 0 Å². The fourth-order valence-electron chi connectivity index (χ4n) is 2.33. The molecule has 1 aliphatic carbocycles. The van der Waals surface area contributed by atoms with Gasteiger partial charge in [0.2, 0.25) is 0 Å². The molecule has 1 aliphatic rings.